The van der Waals surface area contributed by atoms with Crippen molar-refractivity contribution in [2.24, 2.45) is 4.99 Å². The summed E-state index contributed by atoms with van der Waals surface area (Å²) in [5.74, 6) is -0.164. The molecule has 1 aromatic carbocycles. The second kappa shape index (κ2) is 4.13. The van der Waals surface area contributed by atoms with Crippen molar-refractivity contribution >= 4 is 11.4 Å². The number of rotatable bonds is 1. The van der Waals surface area contributed by atoms with E-state index < -0.39 is 0 Å². The van der Waals surface area contributed by atoms with Gasteiger partial charge in [0.2, 0.25) is 0 Å². The fourth-order valence-corrected chi connectivity index (χ4v) is 2.37. The van der Waals surface area contributed by atoms with Crippen molar-refractivity contribution in [2.45, 2.75) is 31.7 Å². The first kappa shape index (κ1) is 10.8. The third-order valence-electron chi connectivity index (χ3n) is 3.47. The van der Waals surface area contributed by atoms with Gasteiger partial charge in [0, 0.05) is 30.6 Å². The van der Waals surface area contributed by atoms with E-state index in [-0.39, 0.29) is 5.82 Å². The van der Waals surface area contributed by atoms with E-state index in [0.29, 0.717) is 6.04 Å². The van der Waals surface area contributed by atoms with Gasteiger partial charge < -0.3 is 4.90 Å². The predicted molar refractivity (Wildman–Crippen MR) is 68.5 cm³/mol. The molecule has 1 aromatic rings. The van der Waals surface area contributed by atoms with Gasteiger partial charge in [0.1, 0.15) is 5.82 Å². The van der Waals surface area contributed by atoms with Crippen LogP contribution in [0, 0.1) is 5.82 Å². The van der Waals surface area contributed by atoms with E-state index in [4.69, 9.17) is 4.99 Å². The molecule has 2 nitrogen and oxygen atoms in total. The number of hydrogen-bond donors (Lipinski definition) is 0. The van der Waals surface area contributed by atoms with E-state index in [1.165, 1.54) is 18.9 Å². The quantitative estimate of drug-likeness (QED) is 0.726. The van der Waals surface area contributed by atoms with Gasteiger partial charge in [-0.2, -0.15) is 0 Å². The molecule has 1 heterocycles. The molecule has 0 saturated heterocycles. The standard InChI is InChI=1S/C14H17FN2/c1-17-8-2-3-13(16-11-5-6-11)12-9-10(15)4-7-14(12)17/h4,7,9,11H,2-3,5-6,8H2,1H3. The second-order valence-corrected chi connectivity index (χ2v) is 4.99. The van der Waals surface area contributed by atoms with Crippen LogP contribution in [0.3, 0.4) is 0 Å². The normalized spacial score (nSPS) is 22.5. The summed E-state index contributed by atoms with van der Waals surface area (Å²) in [7, 11) is 2.07. The molecule has 1 aliphatic heterocycles. The first-order valence-electron chi connectivity index (χ1n) is 6.32. The van der Waals surface area contributed by atoms with Crippen LogP contribution in [0.5, 0.6) is 0 Å². The Morgan fingerprint density at radius 3 is 2.94 bits per heavy atom. The lowest BCUT2D eigenvalue weighted by Crippen LogP contribution is -2.17. The SMILES string of the molecule is CN1CCCC(=NC2CC2)c2cc(F)ccc21. The largest absolute Gasteiger partial charge is 0.374 e. The van der Waals surface area contributed by atoms with Crippen LogP contribution < -0.4 is 4.90 Å². The summed E-state index contributed by atoms with van der Waals surface area (Å²) >= 11 is 0. The van der Waals surface area contributed by atoms with Gasteiger partial charge >= 0.3 is 0 Å². The number of aliphatic imine (C=N–C) groups is 1. The number of benzene rings is 1. The van der Waals surface area contributed by atoms with Gasteiger partial charge in [-0.15, -0.1) is 0 Å². The molecule has 2 aliphatic rings. The zero-order valence-electron chi connectivity index (χ0n) is 10.1. The second-order valence-electron chi connectivity index (χ2n) is 4.99. The zero-order chi connectivity index (χ0) is 11.8. The van der Waals surface area contributed by atoms with Gasteiger partial charge in [0.05, 0.1) is 6.04 Å². The lowest BCUT2D eigenvalue weighted by Gasteiger charge is -2.18. The van der Waals surface area contributed by atoms with Crippen LogP contribution >= 0.6 is 0 Å². The fraction of sp³-hybridized carbons (Fsp3) is 0.500. The van der Waals surface area contributed by atoms with Gasteiger partial charge in [0.25, 0.3) is 0 Å². The molecule has 1 aliphatic carbocycles. The number of anilines is 1. The first-order valence-corrected chi connectivity index (χ1v) is 6.32. The lowest BCUT2D eigenvalue weighted by molar-refractivity contribution is 0.627. The summed E-state index contributed by atoms with van der Waals surface area (Å²) in [5, 5.41) is 0. The highest BCUT2D eigenvalue weighted by molar-refractivity contribution is 6.05. The summed E-state index contributed by atoms with van der Waals surface area (Å²) in [6.45, 7) is 1.02. The molecule has 3 heteroatoms. The number of hydrogen-bond acceptors (Lipinski definition) is 2. The van der Waals surface area contributed by atoms with Crippen LogP contribution in [0.15, 0.2) is 23.2 Å². The van der Waals surface area contributed by atoms with Crippen molar-refractivity contribution in [2.75, 3.05) is 18.5 Å². The van der Waals surface area contributed by atoms with Gasteiger partial charge in [0.15, 0.2) is 0 Å². The molecule has 0 aromatic heterocycles. The van der Waals surface area contributed by atoms with Gasteiger partial charge in [-0.3, -0.25) is 4.99 Å². The minimum absolute atomic E-state index is 0.164. The topological polar surface area (TPSA) is 15.6 Å². The Balaban J connectivity index is 2.07. The smallest absolute Gasteiger partial charge is 0.124 e. The predicted octanol–water partition coefficient (Wildman–Crippen LogP) is 3.01. The van der Waals surface area contributed by atoms with Crippen molar-refractivity contribution in [1.29, 1.82) is 0 Å². The molecule has 0 spiro atoms. The highest BCUT2D eigenvalue weighted by Gasteiger charge is 2.24. The molecule has 0 radical (unpaired) electrons. The monoisotopic (exact) mass is 232 g/mol. The highest BCUT2D eigenvalue weighted by Crippen LogP contribution is 2.30. The van der Waals surface area contributed by atoms with E-state index in [2.05, 4.69) is 11.9 Å². The van der Waals surface area contributed by atoms with Crippen LogP contribution in [0.2, 0.25) is 0 Å². The van der Waals surface area contributed by atoms with Crippen LogP contribution in [-0.4, -0.2) is 25.3 Å². The minimum atomic E-state index is -0.164. The summed E-state index contributed by atoms with van der Waals surface area (Å²) in [5.41, 5.74) is 3.21. The minimum Gasteiger partial charge on any atom is -0.374 e. The van der Waals surface area contributed by atoms with Crippen molar-refractivity contribution in [3.63, 3.8) is 0 Å². The molecule has 0 atom stereocenters. The Kier molecular flexibility index (Phi) is 2.61. The molecule has 90 valence electrons. The van der Waals surface area contributed by atoms with Crippen LogP contribution in [0.1, 0.15) is 31.2 Å². The summed E-state index contributed by atoms with van der Waals surface area (Å²) < 4.78 is 13.4. The third-order valence-corrected chi connectivity index (χ3v) is 3.47. The maximum atomic E-state index is 13.4. The number of halogens is 1. The molecule has 1 fully saturated rings. The molecule has 0 N–H and O–H groups in total. The molecule has 3 rings (SSSR count). The third kappa shape index (κ3) is 2.19. The maximum absolute atomic E-state index is 13.4. The molecular formula is C14H17FN2. The molecule has 0 bridgehead atoms. The number of fused-ring (bicyclic) bond motifs is 1. The van der Waals surface area contributed by atoms with Crippen molar-refractivity contribution in [3.8, 4) is 0 Å². The highest BCUT2D eigenvalue weighted by atomic mass is 19.1. The van der Waals surface area contributed by atoms with E-state index in [0.717, 1.165) is 36.3 Å². The van der Waals surface area contributed by atoms with Crippen molar-refractivity contribution < 1.29 is 4.39 Å². The van der Waals surface area contributed by atoms with E-state index in [1.54, 1.807) is 6.07 Å². The van der Waals surface area contributed by atoms with Gasteiger partial charge in [-0.05, 0) is 43.9 Å². The summed E-state index contributed by atoms with van der Waals surface area (Å²) in [4.78, 5) is 6.95. The first-order chi connectivity index (χ1) is 8.24. The summed E-state index contributed by atoms with van der Waals surface area (Å²) in [6, 6.07) is 5.55. The Bertz CT molecular complexity index is 463. The van der Waals surface area contributed by atoms with Crippen LogP contribution in [-0.2, 0) is 0 Å². The Labute approximate surface area is 101 Å². The zero-order valence-corrected chi connectivity index (χ0v) is 10.1. The van der Waals surface area contributed by atoms with E-state index in [9.17, 15) is 4.39 Å². The number of nitrogens with zero attached hydrogens (tertiary/aromatic N) is 2. The average Bonchev–Trinajstić information content (AvgIpc) is 3.11. The summed E-state index contributed by atoms with van der Waals surface area (Å²) in [6.07, 6.45) is 4.46. The van der Waals surface area contributed by atoms with Crippen molar-refractivity contribution in [3.05, 3.63) is 29.6 Å². The molecule has 17 heavy (non-hydrogen) atoms. The van der Waals surface area contributed by atoms with Gasteiger partial charge in [-0.25, -0.2) is 4.39 Å². The maximum Gasteiger partial charge on any atom is 0.124 e. The van der Waals surface area contributed by atoms with Crippen LogP contribution in [0.25, 0.3) is 0 Å². The molecule has 1 saturated carbocycles. The van der Waals surface area contributed by atoms with Crippen LogP contribution in [0.4, 0.5) is 10.1 Å². The van der Waals surface area contributed by atoms with E-state index in [1.807, 2.05) is 6.07 Å². The Morgan fingerprint density at radius 2 is 2.18 bits per heavy atom. The Hall–Kier alpha value is -1.38. The van der Waals surface area contributed by atoms with Gasteiger partial charge in [-0.1, -0.05) is 0 Å². The molecule has 0 amide bonds. The van der Waals surface area contributed by atoms with Crippen molar-refractivity contribution in [1.82, 2.24) is 0 Å². The Morgan fingerprint density at radius 1 is 1.35 bits per heavy atom. The van der Waals surface area contributed by atoms with E-state index >= 15 is 0 Å². The fourth-order valence-electron chi connectivity index (χ4n) is 2.37. The molecule has 0 unspecified atom stereocenters. The lowest BCUT2D eigenvalue weighted by atomic mass is 10.0. The average molecular weight is 232 g/mol. The molecular weight excluding hydrogens is 215 g/mol.